The first-order valence-electron chi connectivity index (χ1n) is 7.25. The summed E-state index contributed by atoms with van der Waals surface area (Å²) in [6, 6.07) is 12.0. The maximum absolute atomic E-state index is 12.2. The van der Waals surface area contributed by atoms with E-state index in [4.69, 9.17) is 9.15 Å². The Morgan fingerprint density at radius 1 is 1.17 bits per heavy atom. The zero-order chi connectivity index (χ0) is 16.4. The van der Waals surface area contributed by atoms with Crippen LogP contribution in [0, 0.1) is 5.92 Å². The second-order valence-corrected chi connectivity index (χ2v) is 5.44. The topological polar surface area (TPSA) is 69.4 Å². The van der Waals surface area contributed by atoms with E-state index in [1.165, 1.54) is 0 Å². The molecule has 3 rings (SSSR count). The summed E-state index contributed by atoms with van der Waals surface area (Å²) >= 11 is 0. The maximum Gasteiger partial charge on any atom is 0.345 e. The molecule has 0 saturated heterocycles. The van der Waals surface area contributed by atoms with E-state index in [0.29, 0.717) is 22.6 Å². The highest BCUT2D eigenvalue weighted by molar-refractivity contribution is 5.83. The Balaban J connectivity index is 2.03. The fourth-order valence-corrected chi connectivity index (χ4v) is 2.09. The van der Waals surface area contributed by atoms with Gasteiger partial charge in [-0.1, -0.05) is 19.9 Å². The quantitative estimate of drug-likeness (QED) is 0.421. The summed E-state index contributed by atoms with van der Waals surface area (Å²) in [5.74, 6) is -0.217. The highest BCUT2D eigenvalue weighted by Crippen LogP contribution is 2.24. The average molecular weight is 309 g/mol. The zero-order valence-corrected chi connectivity index (χ0v) is 12.8. The van der Waals surface area contributed by atoms with Gasteiger partial charge >= 0.3 is 11.6 Å². The predicted octanol–water partition coefficient (Wildman–Crippen LogP) is 3.42. The molecular formula is C18H15NO4. The highest BCUT2D eigenvalue weighted by atomic mass is 16.5. The van der Waals surface area contributed by atoms with Crippen LogP contribution in [-0.2, 0) is 4.79 Å². The molecule has 1 aromatic carbocycles. The second kappa shape index (κ2) is 6.04. The Labute approximate surface area is 132 Å². The van der Waals surface area contributed by atoms with Gasteiger partial charge in [0.2, 0.25) is 0 Å². The second-order valence-electron chi connectivity index (χ2n) is 5.44. The molecule has 0 atom stereocenters. The van der Waals surface area contributed by atoms with Crippen molar-refractivity contribution in [1.29, 1.82) is 0 Å². The molecule has 0 aliphatic heterocycles. The number of aromatic nitrogens is 1. The van der Waals surface area contributed by atoms with Crippen molar-refractivity contribution < 1.29 is 13.9 Å². The number of pyridine rings is 1. The molecule has 0 aliphatic rings. The van der Waals surface area contributed by atoms with Gasteiger partial charge in [0.05, 0.1) is 17.2 Å². The van der Waals surface area contributed by atoms with E-state index in [0.717, 1.165) is 5.39 Å². The van der Waals surface area contributed by atoms with E-state index in [1.807, 2.05) is 0 Å². The standard InChI is InChI=1S/C18H15NO4/c1-11(2)17(20)22-13-7-6-12-9-14(15-5-3-4-8-19-15)18(21)23-16(12)10-13/h3-11H,1-2H3. The first-order chi connectivity index (χ1) is 11.0. The summed E-state index contributed by atoms with van der Waals surface area (Å²) in [4.78, 5) is 28.0. The molecule has 0 unspecified atom stereocenters. The van der Waals surface area contributed by atoms with E-state index in [9.17, 15) is 9.59 Å². The summed E-state index contributed by atoms with van der Waals surface area (Å²) in [5, 5.41) is 0.731. The fourth-order valence-electron chi connectivity index (χ4n) is 2.09. The molecule has 0 amide bonds. The highest BCUT2D eigenvalue weighted by Gasteiger charge is 2.12. The molecule has 116 valence electrons. The minimum Gasteiger partial charge on any atom is -0.426 e. The van der Waals surface area contributed by atoms with Gasteiger partial charge in [-0.3, -0.25) is 9.78 Å². The number of benzene rings is 1. The van der Waals surface area contributed by atoms with E-state index in [-0.39, 0.29) is 11.9 Å². The van der Waals surface area contributed by atoms with Crippen LogP contribution in [-0.4, -0.2) is 11.0 Å². The number of hydrogen-bond acceptors (Lipinski definition) is 5. The lowest BCUT2D eigenvalue weighted by Gasteiger charge is -2.07. The summed E-state index contributed by atoms with van der Waals surface area (Å²) in [6.45, 7) is 3.51. The van der Waals surface area contributed by atoms with Gasteiger partial charge in [0.1, 0.15) is 11.3 Å². The lowest BCUT2D eigenvalue weighted by molar-refractivity contribution is -0.137. The first-order valence-corrected chi connectivity index (χ1v) is 7.25. The maximum atomic E-state index is 12.2. The van der Waals surface area contributed by atoms with Crippen LogP contribution in [0.4, 0.5) is 0 Å². The van der Waals surface area contributed by atoms with Gasteiger partial charge in [-0.2, -0.15) is 0 Å². The lowest BCUT2D eigenvalue weighted by Crippen LogP contribution is -2.14. The minimum atomic E-state index is -0.483. The molecule has 2 heterocycles. The fraction of sp³-hybridized carbons (Fsp3) is 0.167. The van der Waals surface area contributed by atoms with Crippen LogP contribution in [0.15, 0.2) is 57.9 Å². The van der Waals surface area contributed by atoms with Gasteiger partial charge in [-0.25, -0.2) is 4.79 Å². The van der Waals surface area contributed by atoms with Gasteiger partial charge in [0.15, 0.2) is 0 Å². The molecule has 0 aliphatic carbocycles. The van der Waals surface area contributed by atoms with E-state index in [2.05, 4.69) is 4.98 Å². The third-order valence-electron chi connectivity index (χ3n) is 3.34. The Morgan fingerprint density at radius 3 is 2.70 bits per heavy atom. The van der Waals surface area contributed by atoms with Crippen LogP contribution < -0.4 is 10.4 Å². The van der Waals surface area contributed by atoms with Crippen molar-refractivity contribution >= 4 is 16.9 Å². The predicted molar refractivity (Wildman–Crippen MR) is 86.2 cm³/mol. The number of nitrogens with zero attached hydrogens (tertiary/aromatic N) is 1. The smallest absolute Gasteiger partial charge is 0.345 e. The van der Waals surface area contributed by atoms with Crippen molar-refractivity contribution in [3.8, 4) is 17.0 Å². The summed E-state index contributed by atoms with van der Waals surface area (Å²) < 4.78 is 10.6. The lowest BCUT2D eigenvalue weighted by atomic mass is 10.1. The van der Waals surface area contributed by atoms with Crippen LogP contribution in [0.25, 0.3) is 22.2 Å². The Bertz CT molecular complexity index is 913. The van der Waals surface area contributed by atoms with Crippen molar-refractivity contribution in [2.24, 2.45) is 5.92 Å². The van der Waals surface area contributed by atoms with Crippen molar-refractivity contribution in [3.05, 3.63) is 59.1 Å². The number of fused-ring (bicyclic) bond motifs is 1. The van der Waals surface area contributed by atoms with Crippen molar-refractivity contribution in [3.63, 3.8) is 0 Å². The van der Waals surface area contributed by atoms with E-state index >= 15 is 0 Å². The number of carbonyl (C=O) groups is 1. The van der Waals surface area contributed by atoms with Crippen LogP contribution in [0.3, 0.4) is 0 Å². The third kappa shape index (κ3) is 3.13. The number of hydrogen-bond donors (Lipinski definition) is 0. The summed E-state index contributed by atoms with van der Waals surface area (Å²) in [5.41, 5.74) is 0.829. The SMILES string of the molecule is CC(C)C(=O)Oc1ccc2cc(-c3ccccn3)c(=O)oc2c1. The Kier molecular flexibility index (Phi) is 3.93. The molecule has 0 bridgehead atoms. The monoisotopic (exact) mass is 309 g/mol. The summed E-state index contributed by atoms with van der Waals surface area (Å²) in [7, 11) is 0. The molecule has 0 radical (unpaired) electrons. The number of esters is 1. The first kappa shape index (κ1) is 15.0. The van der Waals surface area contributed by atoms with Crippen molar-refractivity contribution in [1.82, 2.24) is 4.98 Å². The van der Waals surface area contributed by atoms with Crippen LogP contribution >= 0.6 is 0 Å². The molecule has 0 fully saturated rings. The zero-order valence-electron chi connectivity index (χ0n) is 12.8. The molecule has 2 aromatic heterocycles. The van der Waals surface area contributed by atoms with E-state index < -0.39 is 5.63 Å². The van der Waals surface area contributed by atoms with Crippen LogP contribution in [0.1, 0.15) is 13.8 Å². The van der Waals surface area contributed by atoms with Crippen LogP contribution in [0.2, 0.25) is 0 Å². The van der Waals surface area contributed by atoms with Gasteiger partial charge < -0.3 is 9.15 Å². The van der Waals surface area contributed by atoms with Gasteiger partial charge in [-0.15, -0.1) is 0 Å². The third-order valence-corrected chi connectivity index (χ3v) is 3.34. The van der Waals surface area contributed by atoms with Crippen LogP contribution in [0.5, 0.6) is 5.75 Å². The molecule has 3 aromatic rings. The van der Waals surface area contributed by atoms with Crippen molar-refractivity contribution in [2.75, 3.05) is 0 Å². The molecule has 0 N–H and O–H groups in total. The normalized spacial score (nSPS) is 10.9. The molecule has 0 spiro atoms. The molecule has 0 saturated carbocycles. The molecule has 23 heavy (non-hydrogen) atoms. The number of ether oxygens (including phenoxy) is 1. The van der Waals surface area contributed by atoms with Crippen molar-refractivity contribution in [2.45, 2.75) is 13.8 Å². The minimum absolute atomic E-state index is 0.232. The molecule has 5 heteroatoms. The number of carbonyl (C=O) groups excluding carboxylic acids is 1. The Morgan fingerprint density at radius 2 is 2.00 bits per heavy atom. The molecule has 5 nitrogen and oxygen atoms in total. The Hall–Kier alpha value is -2.95. The van der Waals surface area contributed by atoms with Gasteiger partial charge in [0.25, 0.3) is 0 Å². The average Bonchev–Trinajstić information content (AvgIpc) is 2.54. The van der Waals surface area contributed by atoms with Gasteiger partial charge in [0, 0.05) is 17.6 Å². The summed E-state index contributed by atoms with van der Waals surface area (Å²) in [6.07, 6.45) is 1.62. The number of rotatable bonds is 3. The largest absolute Gasteiger partial charge is 0.426 e. The van der Waals surface area contributed by atoms with Gasteiger partial charge in [-0.05, 0) is 30.3 Å². The van der Waals surface area contributed by atoms with E-state index in [1.54, 1.807) is 62.5 Å². The molecular weight excluding hydrogens is 294 g/mol.